The predicted molar refractivity (Wildman–Crippen MR) is 106 cm³/mol. The molecule has 0 bridgehead atoms. The van der Waals surface area contributed by atoms with Crippen molar-refractivity contribution in [1.82, 2.24) is 9.97 Å². The molecule has 1 aromatic heterocycles. The van der Waals surface area contributed by atoms with Crippen LogP contribution in [0.2, 0.25) is 10.0 Å². The van der Waals surface area contributed by atoms with Crippen molar-refractivity contribution in [2.45, 2.75) is 27.7 Å². The second-order valence-corrected chi connectivity index (χ2v) is 6.34. The Kier molecular flexibility index (Phi) is 6.73. The predicted octanol–water partition coefficient (Wildman–Crippen LogP) is 5.10. The molecule has 7 heteroatoms. The number of benzene rings is 1. The highest BCUT2D eigenvalue weighted by Gasteiger charge is 2.20. The van der Waals surface area contributed by atoms with Crippen molar-refractivity contribution in [3.05, 3.63) is 33.9 Å². The van der Waals surface area contributed by atoms with Crippen LogP contribution in [-0.2, 0) is 0 Å². The standard InChI is InChI=1S/C18H24Cl2N4O/c1-6-23(7-2)16-9-12(4)21-18(22-16)24(8-3)17-14(19)10-13(25-5)11-15(17)20/h9-11H,6-8H2,1-5H3. The van der Waals surface area contributed by atoms with E-state index in [9.17, 15) is 0 Å². The van der Waals surface area contributed by atoms with E-state index in [4.69, 9.17) is 32.9 Å². The molecule has 0 saturated carbocycles. The van der Waals surface area contributed by atoms with Gasteiger partial charge in [0.05, 0.1) is 22.8 Å². The third-order valence-corrected chi connectivity index (χ3v) is 4.55. The molecule has 1 heterocycles. The van der Waals surface area contributed by atoms with Crippen LogP contribution in [0, 0.1) is 6.92 Å². The molecule has 0 spiro atoms. The summed E-state index contributed by atoms with van der Waals surface area (Å²) in [7, 11) is 1.58. The lowest BCUT2D eigenvalue weighted by Gasteiger charge is -2.26. The Balaban J connectivity index is 2.55. The summed E-state index contributed by atoms with van der Waals surface area (Å²) in [5, 5.41) is 1.00. The van der Waals surface area contributed by atoms with Gasteiger partial charge in [0.25, 0.3) is 0 Å². The normalized spacial score (nSPS) is 10.7. The minimum atomic E-state index is 0.501. The first-order valence-corrected chi connectivity index (χ1v) is 9.11. The fraction of sp³-hybridized carbons (Fsp3) is 0.444. The average Bonchev–Trinajstić information content (AvgIpc) is 2.58. The van der Waals surface area contributed by atoms with E-state index >= 15 is 0 Å². The summed E-state index contributed by atoms with van der Waals surface area (Å²) in [6.45, 7) is 10.6. The molecule has 0 aliphatic rings. The fourth-order valence-corrected chi connectivity index (χ4v) is 3.36. The third-order valence-electron chi connectivity index (χ3n) is 3.97. The molecule has 0 aliphatic carbocycles. The quantitative estimate of drug-likeness (QED) is 0.665. The van der Waals surface area contributed by atoms with Gasteiger partial charge in [-0.05, 0) is 27.7 Å². The number of anilines is 3. The van der Waals surface area contributed by atoms with Crippen LogP contribution < -0.4 is 14.5 Å². The van der Waals surface area contributed by atoms with Gasteiger partial charge in [-0.15, -0.1) is 0 Å². The van der Waals surface area contributed by atoms with E-state index in [1.165, 1.54) is 0 Å². The Labute approximate surface area is 159 Å². The van der Waals surface area contributed by atoms with E-state index in [0.717, 1.165) is 24.6 Å². The Hall–Kier alpha value is -1.72. The first-order chi connectivity index (χ1) is 11.9. The van der Waals surface area contributed by atoms with Crippen LogP contribution in [0.1, 0.15) is 26.5 Å². The van der Waals surface area contributed by atoms with E-state index in [1.807, 2.05) is 24.8 Å². The van der Waals surface area contributed by atoms with E-state index in [1.54, 1.807) is 19.2 Å². The monoisotopic (exact) mass is 382 g/mol. The lowest BCUT2D eigenvalue weighted by atomic mass is 10.2. The number of aromatic nitrogens is 2. The zero-order valence-corrected chi connectivity index (χ0v) is 16.8. The first kappa shape index (κ1) is 19.6. The molecule has 0 atom stereocenters. The SMILES string of the molecule is CCN(CC)c1cc(C)nc(N(CC)c2c(Cl)cc(OC)cc2Cl)n1. The van der Waals surface area contributed by atoms with E-state index in [-0.39, 0.29) is 0 Å². The zero-order valence-electron chi connectivity index (χ0n) is 15.3. The van der Waals surface area contributed by atoms with Crippen LogP contribution in [0.15, 0.2) is 18.2 Å². The van der Waals surface area contributed by atoms with Crippen LogP contribution in [0.4, 0.5) is 17.5 Å². The zero-order chi connectivity index (χ0) is 18.6. The summed E-state index contributed by atoms with van der Waals surface area (Å²) in [6, 6.07) is 5.47. The highest BCUT2D eigenvalue weighted by Crippen LogP contribution is 2.40. The third kappa shape index (κ3) is 4.28. The summed E-state index contributed by atoms with van der Waals surface area (Å²) >= 11 is 12.9. The van der Waals surface area contributed by atoms with E-state index in [2.05, 4.69) is 23.7 Å². The Morgan fingerprint density at radius 2 is 1.56 bits per heavy atom. The van der Waals surface area contributed by atoms with Gasteiger partial charge in [-0.2, -0.15) is 4.98 Å². The Morgan fingerprint density at radius 1 is 0.960 bits per heavy atom. The average molecular weight is 383 g/mol. The summed E-state index contributed by atoms with van der Waals surface area (Å²) in [4.78, 5) is 13.4. The summed E-state index contributed by atoms with van der Waals surface area (Å²) in [5.74, 6) is 2.09. The molecule has 0 unspecified atom stereocenters. The largest absolute Gasteiger partial charge is 0.497 e. The van der Waals surface area contributed by atoms with Crippen LogP contribution in [0.25, 0.3) is 0 Å². The second kappa shape index (κ2) is 8.59. The van der Waals surface area contributed by atoms with Gasteiger partial charge in [-0.25, -0.2) is 4.98 Å². The maximum atomic E-state index is 6.46. The van der Waals surface area contributed by atoms with Gasteiger partial charge in [0, 0.05) is 43.5 Å². The molecule has 1 aromatic carbocycles. The van der Waals surface area contributed by atoms with Crippen LogP contribution >= 0.6 is 23.2 Å². The number of nitrogens with zero attached hydrogens (tertiary/aromatic N) is 4. The van der Waals surface area contributed by atoms with Crippen molar-refractivity contribution >= 4 is 40.7 Å². The van der Waals surface area contributed by atoms with Crippen molar-refractivity contribution in [2.24, 2.45) is 0 Å². The number of methoxy groups -OCH3 is 1. The van der Waals surface area contributed by atoms with Gasteiger partial charge in [0.2, 0.25) is 5.95 Å². The number of aryl methyl sites for hydroxylation is 1. The molecule has 136 valence electrons. The molecule has 5 nitrogen and oxygen atoms in total. The fourth-order valence-electron chi connectivity index (χ4n) is 2.68. The van der Waals surface area contributed by atoms with E-state index < -0.39 is 0 Å². The minimum absolute atomic E-state index is 0.501. The van der Waals surface area contributed by atoms with Crippen molar-refractivity contribution in [2.75, 3.05) is 36.5 Å². The van der Waals surface area contributed by atoms with Crippen LogP contribution in [0.5, 0.6) is 5.75 Å². The van der Waals surface area contributed by atoms with Crippen molar-refractivity contribution in [1.29, 1.82) is 0 Å². The van der Waals surface area contributed by atoms with Gasteiger partial charge < -0.3 is 14.5 Å². The maximum Gasteiger partial charge on any atom is 0.232 e. The lowest BCUT2D eigenvalue weighted by Crippen LogP contribution is -2.26. The number of halogens is 2. The number of ether oxygens (including phenoxy) is 1. The minimum Gasteiger partial charge on any atom is -0.497 e. The molecular formula is C18H24Cl2N4O. The molecule has 0 fully saturated rings. The highest BCUT2D eigenvalue weighted by atomic mass is 35.5. The van der Waals surface area contributed by atoms with Gasteiger partial charge in [0.1, 0.15) is 11.6 Å². The van der Waals surface area contributed by atoms with Gasteiger partial charge >= 0.3 is 0 Å². The molecule has 0 amide bonds. The van der Waals surface area contributed by atoms with Crippen LogP contribution in [0.3, 0.4) is 0 Å². The smallest absolute Gasteiger partial charge is 0.232 e. The summed E-state index contributed by atoms with van der Waals surface area (Å²) < 4.78 is 5.22. The Bertz CT molecular complexity index is 712. The van der Waals surface area contributed by atoms with Crippen molar-refractivity contribution in [3.63, 3.8) is 0 Å². The van der Waals surface area contributed by atoms with Crippen LogP contribution in [-0.4, -0.2) is 36.7 Å². The topological polar surface area (TPSA) is 41.5 Å². The second-order valence-electron chi connectivity index (χ2n) is 5.52. The highest BCUT2D eigenvalue weighted by molar-refractivity contribution is 6.39. The number of hydrogen-bond acceptors (Lipinski definition) is 5. The molecule has 25 heavy (non-hydrogen) atoms. The maximum absolute atomic E-state index is 6.46. The number of rotatable bonds is 7. The molecule has 0 saturated heterocycles. The van der Waals surface area contributed by atoms with Crippen molar-refractivity contribution in [3.8, 4) is 5.75 Å². The van der Waals surface area contributed by atoms with Gasteiger partial charge in [-0.1, -0.05) is 23.2 Å². The first-order valence-electron chi connectivity index (χ1n) is 8.36. The lowest BCUT2D eigenvalue weighted by molar-refractivity contribution is 0.415. The molecule has 2 rings (SSSR count). The van der Waals surface area contributed by atoms with Crippen molar-refractivity contribution < 1.29 is 4.74 Å². The molecule has 0 radical (unpaired) electrons. The summed E-state index contributed by atoms with van der Waals surface area (Å²) in [6.07, 6.45) is 0. The van der Waals surface area contributed by atoms with E-state index in [0.29, 0.717) is 34.0 Å². The van der Waals surface area contributed by atoms with Gasteiger partial charge in [0.15, 0.2) is 0 Å². The Morgan fingerprint density at radius 3 is 2.04 bits per heavy atom. The molecule has 2 aromatic rings. The van der Waals surface area contributed by atoms with Gasteiger partial charge in [-0.3, -0.25) is 0 Å². The summed E-state index contributed by atoms with van der Waals surface area (Å²) in [5.41, 5.74) is 1.58. The molecular weight excluding hydrogens is 359 g/mol. The number of hydrogen-bond donors (Lipinski definition) is 0. The molecule has 0 N–H and O–H groups in total. The molecule has 0 aliphatic heterocycles.